The first-order valence-electron chi connectivity index (χ1n) is 8.70. The number of rotatable bonds is 8. The van der Waals surface area contributed by atoms with E-state index in [0.717, 1.165) is 12.3 Å². The number of nitrogens with one attached hydrogen (secondary N) is 2. The summed E-state index contributed by atoms with van der Waals surface area (Å²) in [6.45, 7) is 4.61. The van der Waals surface area contributed by atoms with Crippen molar-refractivity contribution in [3.05, 3.63) is 22.4 Å². The Morgan fingerprint density at radius 1 is 1.30 bits per heavy atom. The number of hydrogen-bond acceptors (Lipinski definition) is 3. The molecular weight excluding hydrogens is 308 g/mol. The van der Waals surface area contributed by atoms with E-state index in [0.29, 0.717) is 11.4 Å². The summed E-state index contributed by atoms with van der Waals surface area (Å²) < 4.78 is 0. The van der Waals surface area contributed by atoms with Gasteiger partial charge in [-0.2, -0.15) is 0 Å². The van der Waals surface area contributed by atoms with E-state index >= 15 is 0 Å². The fraction of sp³-hybridized carbons (Fsp3) is 0.667. The standard InChI is InChI=1S/C18H28N2O2S/c1-13(2)16(20-17(21)15-10-6-12-23-15)18(22)19-11-5-9-14-7-3-4-8-14/h6,10,12-14,16H,3-5,7-9,11H2,1-2H3,(H,19,22)(H,20,21). The number of carbonyl (C=O) groups excluding carboxylic acids is 2. The van der Waals surface area contributed by atoms with Crippen LogP contribution in [0.1, 0.15) is 62.0 Å². The molecule has 0 aliphatic heterocycles. The van der Waals surface area contributed by atoms with Gasteiger partial charge in [0.2, 0.25) is 5.91 Å². The minimum atomic E-state index is -0.476. The van der Waals surface area contributed by atoms with Gasteiger partial charge in [-0.15, -0.1) is 11.3 Å². The molecule has 4 nitrogen and oxygen atoms in total. The molecule has 1 aromatic rings. The van der Waals surface area contributed by atoms with Gasteiger partial charge in [0, 0.05) is 6.54 Å². The first-order valence-corrected chi connectivity index (χ1v) is 9.58. The quantitative estimate of drug-likeness (QED) is 0.713. The molecule has 1 aliphatic carbocycles. The van der Waals surface area contributed by atoms with Crippen molar-refractivity contribution in [2.75, 3.05) is 6.54 Å². The average molecular weight is 337 g/mol. The fourth-order valence-electron chi connectivity index (χ4n) is 3.17. The Morgan fingerprint density at radius 3 is 2.65 bits per heavy atom. The van der Waals surface area contributed by atoms with Crippen LogP contribution in [0.4, 0.5) is 0 Å². The van der Waals surface area contributed by atoms with Crippen LogP contribution in [-0.2, 0) is 4.79 Å². The second-order valence-corrected chi connectivity index (χ2v) is 7.70. The lowest BCUT2D eigenvalue weighted by Gasteiger charge is -2.21. The van der Waals surface area contributed by atoms with Crippen LogP contribution >= 0.6 is 11.3 Å². The van der Waals surface area contributed by atoms with E-state index in [4.69, 9.17) is 0 Å². The van der Waals surface area contributed by atoms with Gasteiger partial charge in [0.25, 0.3) is 5.91 Å². The van der Waals surface area contributed by atoms with Crippen molar-refractivity contribution in [1.29, 1.82) is 0 Å². The summed E-state index contributed by atoms with van der Waals surface area (Å²) in [4.78, 5) is 25.2. The van der Waals surface area contributed by atoms with Crippen LogP contribution in [0.5, 0.6) is 0 Å². The van der Waals surface area contributed by atoms with E-state index in [-0.39, 0.29) is 17.7 Å². The fourth-order valence-corrected chi connectivity index (χ4v) is 3.79. The van der Waals surface area contributed by atoms with E-state index < -0.39 is 6.04 Å². The van der Waals surface area contributed by atoms with Crippen molar-refractivity contribution >= 4 is 23.2 Å². The molecule has 1 heterocycles. The minimum absolute atomic E-state index is 0.0637. The molecule has 0 bridgehead atoms. The van der Waals surface area contributed by atoms with Crippen LogP contribution in [0.3, 0.4) is 0 Å². The van der Waals surface area contributed by atoms with Crippen molar-refractivity contribution in [3.8, 4) is 0 Å². The predicted molar refractivity (Wildman–Crippen MR) is 94.6 cm³/mol. The molecule has 0 spiro atoms. The normalized spacial score (nSPS) is 16.5. The van der Waals surface area contributed by atoms with Crippen molar-refractivity contribution < 1.29 is 9.59 Å². The van der Waals surface area contributed by atoms with Gasteiger partial charge < -0.3 is 10.6 Å². The number of carbonyl (C=O) groups is 2. The molecule has 23 heavy (non-hydrogen) atoms. The third-order valence-corrected chi connectivity index (χ3v) is 5.41. The molecule has 5 heteroatoms. The van der Waals surface area contributed by atoms with Gasteiger partial charge in [0.15, 0.2) is 0 Å². The third-order valence-electron chi connectivity index (χ3n) is 4.54. The molecule has 128 valence electrons. The van der Waals surface area contributed by atoms with Gasteiger partial charge in [-0.05, 0) is 36.1 Å². The van der Waals surface area contributed by atoms with Gasteiger partial charge >= 0.3 is 0 Å². The minimum Gasteiger partial charge on any atom is -0.354 e. The van der Waals surface area contributed by atoms with Gasteiger partial charge in [-0.25, -0.2) is 0 Å². The highest BCUT2D eigenvalue weighted by Gasteiger charge is 2.24. The molecule has 1 aromatic heterocycles. The zero-order valence-corrected chi connectivity index (χ0v) is 15.0. The first kappa shape index (κ1) is 18.0. The van der Waals surface area contributed by atoms with Crippen molar-refractivity contribution in [3.63, 3.8) is 0 Å². The molecule has 1 fully saturated rings. The van der Waals surface area contributed by atoms with Gasteiger partial charge in [0.05, 0.1) is 4.88 Å². The van der Waals surface area contributed by atoms with Crippen molar-refractivity contribution in [2.45, 2.75) is 58.4 Å². The van der Waals surface area contributed by atoms with Crippen LogP contribution in [0, 0.1) is 11.8 Å². The lowest BCUT2D eigenvalue weighted by atomic mass is 10.0. The third kappa shape index (κ3) is 5.65. The summed E-state index contributed by atoms with van der Waals surface area (Å²) in [5.74, 6) is 0.677. The Labute approximate surface area is 143 Å². The average Bonchev–Trinajstić information content (AvgIpc) is 3.21. The van der Waals surface area contributed by atoms with Gasteiger partial charge in [-0.3, -0.25) is 9.59 Å². The van der Waals surface area contributed by atoms with Crippen LogP contribution < -0.4 is 10.6 Å². The second kappa shape index (κ2) is 9.06. The monoisotopic (exact) mass is 336 g/mol. The molecule has 1 atom stereocenters. The van der Waals surface area contributed by atoms with E-state index in [9.17, 15) is 9.59 Å². The lowest BCUT2D eigenvalue weighted by molar-refractivity contribution is -0.123. The van der Waals surface area contributed by atoms with Crippen LogP contribution in [0.15, 0.2) is 17.5 Å². The zero-order valence-electron chi connectivity index (χ0n) is 14.1. The Hall–Kier alpha value is -1.36. The summed E-state index contributed by atoms with van der Waals surface area (Å²) in [5.41, 5.74) is 0. The molecule has 0 saturated heterocycles. The van der Waals surface area contributed by atoms with E-state index in [2.05, 4.69) is 10.6 Å². The second-order valence-electron chi connectivity index (χ2n) is 6.76. The maximum atomic E-state index is 12.4. The highest BCUT2D eigenvalue weighted by molar-refractivity contribution is 7.12. The smallest absolute Gasteiger partial charge is 0.262 e. The van der Waals surface area contributed by atoms with Crippen LogP contribution in [-0.4, -0.2) is 24.4 Å². The van der Waals surface area contributed by atoms with Crippen molar-refractivity contribution in [2.24, 2.45) is 11.8 Å². The summed E-state index contributed by atoms with van der Waals surface area (Å²) >= 11 is 1.39. The van der Waals surface area contributed by atoms with Crippen molar-refractivity contribution in [1.82, 2.24) is 10.6 Å². The zero-order chi connectivity index (χ0) is 16.7. The molecule has 0 aromatic carbocycles. The van der Waals surface area contributed by atoms with E-state index in [1.165, 1.54) is 43.4 Å². The number of thiophene rings is 1. The van der Waals surface area contributed by atoms with Crippen LogP contribution in [0.2, 0.25) is 0 Å². The molecule has 0 radical (unpaired) electrons. The Bertz CT molecular complexity index is 493. The van der Waals surface area contributed by atoms with E-state index in [1.807, 2.05) is 25.3 Å². The molecule has 1 saturated carbocycles. The SMILES string of the molecule is CC(C)C(NC(=O)c1cccs1)C(=O)NCCCC1CCCC1. The predicted octanol–water partition coefficient (Wildman–Crippen LogP) is 3.59. The number of amides is 2. The topological polar surface area (TPSA) is 58.2 Å². The first-order chi connectivity index (χ1) is 11.1. The summed E-state index contributed by atoms with van der Waals surface area (Å²) in [5, 5.41) is 7.71. The molecular formula is C18H28N2O2S. The summed E-state index contributed by atoms with van der Waals surface area (Å²) in [6.07, 6.45) is 7.65. The lowest BCUT2D eigenvalue weighted by Crippen LogP contribution is -2.49. The summed E-state index contributed by atoms with van der Waals surface area (Å²) in [7, 11) is 0. The van der Waals surface area contributed by atoms with Gasteiger partial charge in [0.1, 0.15) is 6.04 Å². The Balaban J connectivity index is 1.75. The molecule has 2 N–H and O–H groups in total. The molecule has 1 unspecified atom stereocenters. The largest absolute Gasteiger partial charge is 0.354 e. The molecule has 1 aliphatic rings. The van der Waals surface area contributed by atoms with Gasteiger partial charge in [-0.1, -0.05) is 45.6 Å². The summed E-state index contributed by atoms with van der Waals surface area (Å²) in [6, 6.07) is 3.14. The Kier molecular flexibility index (Phi) is 7.09. The van der Waals surface area contributed by atoms with E-state index in [1.54, 1.807) is 6.07 Å². The molecule has 2 amide bonds. The maximum absolute atomic E-state index is 12.4. The number of hydrogen-bond donors (Lipinski definition) is 2. The maximum Gasteiger partial charge on any atom is 0.262 e. The highest BCUT2D eigenvalue weighted by atomic mass is 32.1. The van der Waals surface area contributed by atoms with Crippen LogP contribution in [0.25, 0.3) is 0 Å². The Morgan fingerprint density at radius 2 is 2.04 bits per heavy atom. The molecule has 2 rings (SSSR count). The highest BCUT2D eigenvalue weighted by Crippen LogP contribution is 2.28.